The first-order valence-electron chi connectivity index (χ1n) is 27.3. The van der Waals surface area contributed by atoms with Crippen LogP contribution < -0.4 is 0 Å². The van der Waals surface area contributed by atoms with Gasteiger partial charge in [0.15, 0.2) is 0 Å². The lowest BCUT2D eigenvalue weighted by molar-refractivity contribution is -0.233. The molecule has 0 aromatic carbocycles. The molecule has 0 radical (unpaired) electrons. The molecule has 1 rings (SSSR count). The van der Waals surface area contributed by atoms with Crippen LogP contribution in [-0.2, 0) is 18.9 Å². The van der Waals surface area contributed by atoms with Crippen molar-refractivity contribution in [3.8, 4) is 0 Å². The van der Waals surface area contributed by atoms with Gasteiger partial charge in [-0.3, -0.25) is 4.74 Å². The Morgan fingerprint density at radius 2 is 0.533 bits per heavy atom. The summed E-state index contributed by atoms with van der Waals surface area (Å²) in [6.45, 7) is 8.97. The molecule has 1 saturated heterocycles. The summed E-state index contributed by atoms with van der Waals surface area (Å²) >= 11 is 0. The summed E-state index contributed by atoms with van der Waals surface area (Å²) in [5.41, 5.74) is 0. The molecule has 1 unspecified atom stereocenters. The van der Waals surface area contributed by atoms with Crippen LogP contribution in [0.15, 0.2) is 36.5 Å². The zero-order valence-electron chi connectivity index (χ0n) is 41.0. The van der Waals surface area contributed by atoms with Gasteiger partial charge < -0.3 is 14.2 Å². The highest BCUT2D eigenvalue weighted by Crippen LogP contribution is 2.40. The molecule has 0 amide bonds. The lowest BCUT2D eigenvalue weighted by Gasteiger charge is -2.15. The largest absolute Gasteiger partial charge is 0.346 e. The average molecular weight is 843 g/mol. The summed E-state index contributed by atoms with van der Waals surface area (Å²) in [4.78, 5) is 0. The lowest BCUT2D eigenvalue weighted by atomic mass is 10.1. The fourth-order valence-corrected chi connectivity index (χ4v) is 8.17. The highest BCUT2D eigenvalue weighted by Gasteiger charge is 2.62. The highest BCUT2D eigenvalue weighted by molar-refractivity contribution is 4.83. The number of rotatable bonds is 51. The Bertz CT molecular complexity index is 867. The number of allylic oxidation sites excluding steroid dienone is 6. The van der Waals surface area contributed by atoms with Crippen molar-refractivity contribution < 1.29 is 18.9 Å². The molecule has 354 valence electrons. The fourth-order valence-electron chi connectivity index (χ4n) is 8.17. The summed E-state index contributed by atoms with van der Waals surface area (Å²) in [5, 5.41) is 0. The van der Waals surface area contributed by atoms with Crippen molar-refractivity contribution >= 4 is 0 Å². The van der Waals surface area contributed by atoms with Crippen LogP contribution in [-0.4, -0.2) is 32.1 Å². The second-order valence-electron chi connectivity index (χ2n) is 18.4. The Kier molecular flexibility index (Phi) is 45.2. The van der Waals surface area contributed by atoms with Gasteiger partial charge >= 0.3 is 5.97 Å². The van der Waals surface area contributed by atoms with Gasteiger partial charge in [0, 0.05) is 0 Å². The van der Waals surface area contributed by atoms with Gasteiger partial charge in [-0.15, -0.1) is 0 Å². The molecule has 0 aliphatic carbocycles. The van der Waals surface area contributed by atoms with E-state index in [-0.39, 0.29) is 6.29 Å². The normalized spacial score (nSPS) is 15.2. The Hall–Kier alpha value is -0.940. The van der Waals surface area contributed by atoms with Crippen molar-refractivity contribution in [2.24, 2.45) is 0 Å². The molecular weight excluding hydrogens is 737 g/mol. The minimum atomic E-state index is -0.966. The summed E-state index contributed by atoms with van der Waals surface area (Å²) < 4.78 is 24.8. The van der Waals surface area contributed by atoms with E-state index in [1.54, 1.807) is 0 Å². The Morgan fingerprint density at radius 1 is 0.300 bits per heavy atom. The Labute approximate surface area is 376 Å². The van der Waals surface area contributed by atoms with Gasteiger partial charge in [-0.25, -0.2) is 0 Å². The van der Waals surface area contributed by atoms with Gasteiger partial charge in [0.2, 0.25) is 6.29 Å². The van der Waals surface area contributed by atoms with Crippen molar-refractivity contribution in [3.05, 3.63) is 36.5 Å². The summed E-state index contributed by atoms with van der Waals surface area (Å²) in [6, 6.07) is 0. The van der Waals surface area contributed by atoms with Crippen LogP contribution in [0.2, 0.25) is 0 Å². The van der Waals surface area contributed by atoms with Crippen LogP contribution in [0.5, 0.6) is 0 Å². The Morgan fingerprint density at radius 3 is 0.817 bits per heavy atom. The smallest absolute Gasteiger partial charge is 0.340 e. The lowest BCUT2D eigenvalue weighted by Crippen LogP contribution is -2.26. The van der Waals surface area contributed by atoms with Crippen LogP contribution in [0, 0.1) is 0 Å². The Balaban J connectivity index is 2.17. The molecular formula is C56H106O4. The summed E-state index contributed by atoms with van der Waals surface area (Å²) in [6.07, 6.45) is 69.3. The molecule has 0 aromatic heterocycles. The quantitative estimate of drug-likeness (QED) is 0.0265. The van der Waals surface area contributed by atoms with E-state index in [9.17, 15) is 0 Å². The van der Waals surface area contributed by atoms with E-state index >= 15 is 0 Å². The van der Waals surface area contributed by atoms with Gasteiger partial charge in [0.25, 0.3) is 0 Å². The first-order valence-corrected chi connectivity index (χ1v) is 27.3. The third kappa shape index (κ3) is 39.9. The number of unbranched alkanes of at least 4 members (excludes halogenated alkanes) is 36. The monoisotopic (exact) mass is 843 g/mol. The topological polar surface area (TPSA) is 40.2 Å². The number of hydrogen-bond donors (Lipinski definition) is 0. The number of epoxide rings is 1. The molecule has 1 fully saturated rings. The predicted molar refractivity (Wildman–Crippen MR) is 264 cm³/mol. The van der Waals surface area contributed by atoms with Gasteiger partial charge in [-0.2, -0.15) is 0 Å². The van der Waals surface area contributed by atoms with Crippen molar-refractivity contribution in [2.45, 2.75) is 303 Å². The molecule has 1 heterocycles. The van der Waals surface area contributed by atoms with Crippen molar-refractivity contribution in [2.75, 3.05) is 19.8 Å². The minimum Gasteiger partial charge on any atom is -0.346 e. The third-order valence-corrected chi connectivity index (χ3v) is 12.3. The van der Waals surface area contributed by atoms with E-state index in [0.717, 1.165) is 25.9 Å². The molecule has 1 atom stereocenters. The maximum absolute atomic E-state index is 6.29. The zero-order valence-corrected chi connectivity index (χ0v) is 41.0. The molecule has 0 N–H and O–H groups in total. The van der Waals surface area contributed by atoms with Gasteiger partial charge in [-0.1, -0.05) is 231 Å². The van der Waals surface area contributed by atoms with Gasteiger partial charge in [0.05, 0.1) is 19.8 Å². The minimum absolute atomic E-state index is 0.371. The molecule has 60 heavy (non-hydrogen) atoms. The zero-order chi connectivity index (χ0) is 43.0. The molecule has 1 aliphatic rings. The van der Waals surface area contributed by atoms with Crippen LogP contribution in [0.3, 0.4) is 0 Å². The molecule has 0 bridgehead atoms. The van der Waals surface area contributed by atoms with Crippen LogP contribution in [0.4, 0.5) is 0 Å². The van der Waals surface area contributed by atoms with E-state index in [1.165, 1.54) is 250 Å². The number of hydrogen-bond acceptors (Lipinski definition) is 4. The van der Waals surface area contributed by atoms with E-state index in [4.69, 9.17) is 18.9 Å². The molecule has 0 aromatic rings. The fraction of sp³-hybridized carbons (Fsp3) is 0.893. The molecule has 0 saturated carbocycles. The standard InChI is InChI=1S/C56H106O4/c1-4-7-10-13-16-19-22-25-28-31-34-37-40-43-46-49-52-57-55-56(60-55,58-53-50-47-44-41-38-35-32-29-26-23-20-17-14-11-8-5-2)59-54-51-48-45-42-39-36-33-30-27-24-21-18-15-12-9-6-3/h25-30,55H,4-24,31-54H2,1-3H3/b28-25-,29-26-,30-27-. The van der Waals surface area contributed by atoms with Crippen LogP contribution >= 0.6 is 0 Å². The van der Waals surface area contributed by atoms with E-state index in [2.05, 4.69) is 57.2 Å². The predicted octanol–water partition coefficient (Wildman–Crippen LogP) is 19.2. The summed E-state index contributed by atoms with van der Waals surface area (Å²) in [7, 11) is 0. The van der Waals surface area contributed by atoms with Gasteiger partial charge in [0.1, 0.15) is 0 Å². The van der Waals surface area contributed by atoms with E-state index in [1.807, 2.05) is 0 Å². The maximum Gasteiger partial charge on any atom is 0.340 e. The first-order chi connectivity index (χ1) is 29.8. The van der Waals surface area contributed by atoms with Crippen molar-refractivity contribution in [1.82, 2.24) is 0 Å². The second kappa shape index (κ2) is 47.5. The second-order valence-corrected chi connectivity index (χ2v) is 18.4. The molecule has 4 heteroatoms. The van der Waals surface area contributed by atoms with Gasteiger partial charge in [-0.05, 0) is 96.3 Å². The SMILES string of the molecule is CCCCCCCC/C=C\CCCCCCCCOC1OC1(OCCCCCCCC/C=C\CCCCCCCC)OCCCCCCCC/C=C\CCCCCCCC. The van der Waals surface area contributed by atoms with E-state index < -0.39 is 5.97 Å². The number of ether oxygens (including phenoxy) is 4. The average Bonchev–Trinajstić information content (AvgIpc) is 3.95. The highest BCUT2D eigenvalue weighted by atomic mass is 17.0. The summed E-state index contributed by atoms with van der Waals surface area (Å²) in [5.74, 6) is -0.966. The van der Waals surface area contributed by atoms with Crippen molar-refractivity contribution in [3.63, 3.8) is 0 Å². The van der Waals surface area contributed by atoms with Crippen LogP contribution in [0.1, 0.15) is 290 Å². The molecule has 0 spiro atoms. The van der Waals surface area contributed by atoms with Crippen LogP contribution in [0.25, 0.3) is 0 Å². The maximum atomic E-state index is 6.29. The third-order valence-electron chi connectivity index (χ3n) is 12.3. The molecule has 4 nitrogen and oxygen atoms in total. The van der Waals surface area contributed by atoms with Crippen molar-refractivity contribution in [1.29, 1.82) is 0 Å². The van der Waals surface area contributed by atoms with E-state index in [0.29, 0.717) is 13.2 Å². The molecule has 1 aliphatic heterocycles. The first kappa shape index (κ1) is 57.1.